The van der Waals surface area contributed by atoms with Gasteiger partial charge in [-0.25, -0.2) is 14.4 Å². The van der Waals surface area contributed by atoms with Gasteiger partial charge in [0.1, 0.15) is 24.7 Å². The molecular formula is C66H86N10O11. The molecule has 0 bridgehead atoms. The Morgan fingerprint density at radius 1 is 0.747 bits per heavy atom. The highest BCUT2D eigenvalue weighted by Crippen LogP contribution is 2.31. The molecule has 9 amide bonds. The number of hydrogen-bond acceptors (Lipinski definition) is 11. The number of nitrogens with two attached hydrogens (primary N) is 1. The van der Waals surface area contributed by atoms with Gasteiger partial charge in [-0.3, -0.25) is 28.8 Å². The molecule has 1 heterocycles. The molecule has 21 heteroatoms. The van der Waals surface area contributed by atoms with Crippen molar-refractivity contribution in [3.8, 4) is 11.8 Å². The van der Waals surface area contributed by atoms with E-state index in [0.717, 1.165) is 22.3 Å². The zero-order valence-corrected chi connectivity index (χ0v) is 52.0. The summed E-state index contributed by atoms with van der Waals surface area (Å²) in [6.45, 7) is 18.5. The maximum Gasteiger partial charge on any atom is 0.407 e. The van der Waals surface area contributed by atoms with E-state index in [-0.39, 0.29) is 75.2 Å². The van der Waals surface area contributed by atoms with Crippen molar-refractivity contribution in [2.75, 3.05) is 30.9 Å². The Morgan fingerprint density at radius 3 is 2.03 bits per heavy atom. The Kier molecular flexibility index (Phi) is 24.8. The van der Waals surface area contributed by atoms with E-state index in [1.54, 1.807) is 63.2 Å². The van der Waals surface area contributed by atoms with Crippen LogP contribution in [0, 0.1) is 29.1 Å². The first-order valence-electron chi connectivity index (χ1n) is 29.2. The number of carboxylic acids is 1. The van der Waals surface area contributed by atoms with Crippen molar-refractivity contribution >= 4 is 64.9 Å². The summed E-state index contributed by atoms with van der Waals surface area (Å²) in [6, 6.07) is 23.6. The van der Waals surface area contributed by atoms with E-state index in [9.17, 15) is 48.3 Å². The topological polar surface area (TPSA) is 300 Å². The molecule has 5 atom stereocenters. The van der Waals surface area contributed by atoms with E-state index < -0.39 is 88.7 Å². The Bertz CT molecular complexity index is 3230. The van der Waals surface area contributed by atoms with Crippen molar-refractivity contribution in [3.63, 3.8) is 0 Å². The van der Waals surface area contributed by atoms with Gasteiger partial charge < -0.3 is 62.6 Å². The second-order valence-corrected chi connectivity index (χ2v) is 24.1. The third kappa shape index (κ3) is 19.8. The fourth-order valence-electron chi connectivity index (χ4n) is 10.1. The minimum atomic E-state index is -1.12. The normalized spacial score (nSPS) is 13.9. The first-order chi connectivity index (χ1) is 41.0. The highest BCUT2D eigenvalue weighted by Gasteiger charge is 2.42. The van der Waals surface area contributed by atoms with Crippen molar-refractivity contribution in [3.05, 3.63) is 142 Å². The number of benzene rings is 4. The molecule has 87 heavy (non-hydrogen) atoms. The number of carbonyl (C=O) groups excluding carboxylic acids is 8. The fraction of sp³-hybridized carbons (Fsp3) is 0.439. The average molecular weight is 1200 g/mol. The van der Waals surface area contributed by atoms with Gasteiger partial charge in [-0.1, -0.05) is 147 Å². The largest absolute Gasteiger partial charge is 0.478 e. The lowest BCUT2D eigenvalue weighted by molar-refractivity contribution is -0.141. The van der Waals surface area contributed by atoms with Gasteiger partial charge >= 0.3 is 18.1 Å². The van der Waals surface area contributed by atoms with Crippen molar-refractivity contribution in [1.29, 1.82) is 0 Å². The molecule has 0 spiro atoms. The van der Waals surface area contributed by atoms with Gasteiger partial charge in [0.2, 0.25) is 35.4 Å². The number of amides is 9. The van der Waals surface area contributed by atoms with Crippen LogP contribution in [0.5, 0.6) is 0 Å². The average Bonchev–Trinajstić information content (AvgIpc) is 1.57. The highest BCUT2D eigenvalue weighted by molar-refractivity contribution is 6.00. The molecule has 0 saturated heterocycles. The highest BCUT2D eigenvalue weighted by atomic mass is 16.5. The summed E-state index contributed by atoms with van der Waals surface area (Å²) in [5.41, 5.74) is 9.25. The standard InChI is InChI=1S/C66H86N10O11/c1-40(2)52(35-42(5)62(83)84)75(12)61(82)57(65(6,7)8)74-60(81)56(68-11)66(9,10)48-23-17-19-44(36-48)37-70-64(86)87-39-43-26-30-49(31-27-43)71-58(79)50(24-18-34-69-63(67)85)72-59(80)55(41(3)4)73-53(77)32-33-54(78)76-38-47-22-14-13-20-45(47)28-29-46-21-15-16-25-51(46)76/h13-17,19-23,25-27,30-31,35-36,40-41,50,52,55-57,68H,18,24,32-34,37-39H2,1-12H3,(H,70,86)(H,71,79)(H,72,80)(H,73,77)(H,74,81)(H,83,84)(H3,67,69,85)/b42-35+/t50-,52+,55-,56?,57+/m0/s1. The molecule has 0 aliphatic carbocycles. The monoisotopic (exact) mass is 1190 g/mol. The van der Waals surface area contributed by atoms with Crippen molar-refractivity contribution in [2.45, 2.75) is 150 Å². The van der Waals surface area contributed by atoms with Gasteiger partial charge in [0.05, 0.1) is 24.3 Å². The van der Waals surface area contributed by atoms with Crippen LogP contribution in [0.2, 0.25) is 0 Å². The Hall–Kier alpha value is -9.03. The predicted octanol–water partition coefficient (Wildman–Crippen LogP) is 6.76. The number of anilines is 2. The van der Waals surface area contributed by atoms with Crippen LogP contribution in [0.25, 0.3) is 0 Å². The van der Waals surface area contributed by atoms with Crippen LogP contribution in [0.15, 0.2) is 109 Å². The van der Waals surface area contributed by atoms with Crippen molar-refractivity contribution < 1.29 is 53.0 Å². The second kappa shape index (κ2) is 31.4. The van der Waals surface area contributed by atoms with E-state index in [1.807, 2.05) is 121 Å². The van der Waals surface area contributed by atoms with Gasteiger partial charge in [-0.05, 0) is 96.6 Å². The quantitative estimate of drug-likeness (QED) is 0.0170. The van der Waals surface area contributed by atoms with Crippen molar-refractivity contribution in [2.24, 2.45) is 23.0 Å². The SMILES string of the molecule is CNC(C(=O)N[C@H](C(=O)N(C)[C@H](/C=C(\C)C(=O)O)C(C)C)C(C)(C)C)C(C)(C)c1cccc(CNC(=O)OCc2ccc(NC(=O)[C@H](CCCNC(N)=O)NC(=O)[C@@H](NC(=O)CCC(=O)N3Cc4ccccc4C#Cc4ccccc43)C(C)C)cc2)c1. The smallest absolute Gasteiger partial charge is 0.407 e. The predicted molar refractivity (Wildman–Crippen MR) is 333 cm³/mol. The minimum absolute atomic E-state index is 0.0876. The number of rotatable bonds is 27. The molecule has 5 rings (SSSR count). The molecule has 0 fully saturated rings. The molecule has 1 aliphatic heterocycles. The number of nitrogens with one attached hydrogen (secondary N) is 7. The third-order valence-corrected chi connectivity index (χ3v) is 15.2. The van der Waals surface area contributed by atoms with E-state index >= 15 is 0 Å². The minimum Gasteiger partial charge on any atom is -0.478 e. The van der Waals surface area contributed by atoms with Crippen LogP contribution < -0.4 is 47.9 Å². The first-order valence-corrected chi connectivity index (χ1v) is 29.2. The second-order valence-electron chi connectivity index (χ2n) is 24.1. The van der Waals surface area contributed by atoms with E-state index in [0.29, 0.717) is 22.5 Å². The molecule has 0 aromatic heterocycles. The van der Waals surface area contributed by atoms with Crippen molar-refractivity contribution in [1.82, 2.24) is 36.8 Å². The summed E-state index contributed by atoms with van der Waals surface area (Å²) in [5, 5.41) is 29.3. The summed E-state index contributed by atoms with van der Waals surface area (Å²) < 4.78 is 5.52. The lowest BCUT2D eigenvalue weighted by Gasteiger charge is -2.40. The summed E-state index contributed by atoms with van der Waals surface area (Å²) in [5.74, 6) is 1.92. The molecular weight excluding hydrogens is 1110 g/mol. The molecule has 1 aliphatic rings. The maximum absolute atomic E-state index is 14.2. The zero-order valence-electron chi connectivity index (χ0n) is 52.0. The summed E-state index contributed by atoms with van der Waals surface area (Å²) in [7, 11) is 3.27. The number of para-hydroxylation sites is 1. The van der Waals surface area contributed by atoms with Crippen LogP contribution in [0.3, 0.4) is 0 Å². The summed E-state index contributed by atoms with van der Waals surface area (Å²) >= 11 is 0. The number of nitrogens with zero attached hydrogens (tertiary/aromatic N) is 2. The van der Waals surface area contributed by atoms with Crippen LogP contribution in [0.1, 0.15) is 128 Å². The molecule has 10 N–H and O–H groups in total. The summed E-state index contributed by atoms with van der Waals surface area (Å²) in [4.78, 5) is 123. The fourth-order valence-corrected chi connectivity index (χ4v) is 10.1. The number of primary amides is 1. The van der Waals surface area contributed by atoms with Crippen LogP contribution in [-0.2, 0) is 63.4 Å². The molecule has 466 valence electrons. The Labute approximate surface area is 510 Å². The van der Waals surface area contributed by atoms with E-state index in [1.165, 1.54) is 11.8 Å². The molecule has 1 unspecified atom stereocenters. The number of likely N-dealkylation sites (N-methyl/N-ethyl adjacent to an activating group) is 2. The zero-order chi connectivity index (χ0) is 64.3. The number of carbonyl (C=O) groups is 9. The van der Waals surface area contributed by atoms with E-state index in [2.05, 4.69) is 49.1 Å². The molecule has 0 radical (unpaired) electrons. The number of fused-ring (bicyclic) bond motifs is 2. The van der Waals surface area contributed by atoms with Gasteiger partial charge in [-0.2, -0.15) is 0 Å². The van der Waals surface area contributed by atoms with Crippen LogP contribution in [0.4, 0.5) is 21.0 Å². The third-order valence-electron chi connectivity index (χ3n) is 15.2. The Morgan fingerprint density at radius 2 is 1.40 bits per heavy atom. The number of hydrogen-bond donors (Lipinski definition) is 9. The molecule has 0 saturated carbocycles. The van der Waals surface area contributed by atoms with Gasteiger partial charge in [0.25, 0.3) is 0 Å². The molecule has 21 nitrogen and oxygen atoms in total. The van der Waals surface area contributed by atoms with Gasteiger partial charge in [0.15, 0.2) is 0 Å². The van der Waals surface area contributed by atoms with Crippen LogP contribution >= 0.6 is 0 Å². The molecule has 4 aromatic carbocycles. The van der Waals surface area contributed by atoms with Gasteiger partial charge in [0, 0.05) is 60.8 Å². The Balaban J connectivity index is 1.16. The number of alkyl carbamates (subject to hydrolysis) is 1. The lowest BCUT2D eigenvalue weighted by Crippen LogP contribution is -2.61. The molecule has 4 aromatic rings. The van der Waals surface area contributed by atoms with Crippen LogP contribution in [-0.4, -0.2) is 114 Å². The summed E-state index contributed by atoms with van der Waals surface area (Å²) in [6.07, 6.45) is 0.835. The maximum atomic E-state index is 14.2. The number of ether oxygens (including phenoxy) is 1. The van der Waals surface area contributed by atoms with Gasteiger partial charge in [-0.15, -0.1) is 0 Å². The van der Waals surface area contributed by atoms with E-state index in [4.69, 9.17) is 10.5 Å². The number of urea groups is 1. The number of carboxylic acid groups (broad SMARTS) is 1. The first kappa shape index (κ1) is 68.7. The number of aliphatic carboxylic acids is 1. The lowest BCUT2D eigenvalue weighted by atomic mass is 9.76.